The Balaban J connectivity index is 2.00. The van der Waals surface area contributed by atoms with Crippen molar-refractivity contribution in [3.05, 3.63) is 72.3 Å². The van der Waals surface area contributed by atoms with Crippen LogP contribution in [0.1, 0.15) is 24.1 Å². The molecule has 0 amide bonds. The Labute approximate surface area is 132 Å². The Morgan fingerprint density at radius 2 is 1.77 bits per heavy atom. The highest BCUT2D eigenvalue weighted by atomic mass is 16.5. The van der Waals surface area contributed by atoms with Gasteiger partial charge in [0.05, 0.1) is 0 Å². The summed E-state index contributed by atoms with van der Waals surface area (Å²) in [5, 5.41) is 0. The average Bonchev–Trinajstić information content (AvgIpc) is 2.53. The normalized spacial score (nSPS) is 11.7. The second kappa shape index (κ2) is 8.25. The van der Waals surface area contributed by atoms with Crippen molar-refractivity contribution in [1.29, 1.82) is 0 Å². The van der Waals surface area contributed by atoms with Crippen LogP contribution in [-0.4, -0.2) is 13.2 Å². The molecule has 116 valence electrons. The minimum atomic E-state index is -0.0743. The van der Waals surface area contributed by atoms with E-state index in [0.717, 1.165) is 29.0 Å². The molecule has 0 saturated carbocycles. The van der Waals surface area contributed by atoms with E-state index in [2.05, 4.69) is 6.58 Å². The summed E-state index contributed by atoms with van der Waals surface area (Å²) >= 11 is 0. The van der Waals surface area contributed by atoms with E-state index in [4.69, 9.17) is 15.2 Å². The third-order valence-corrected chi connectivity index (χ3v) is 3.32. The summed E-state index contributed by atoms with van der Waals surface area (Å²) in [6.07, 6.45) is 2.63. The molecule has 0 aromatic heterocycles. The molecule has 2 aromatic carbocycles. The summed E-state index contributed by atoms with van der Waals surface area (Å²) in [5.41, 5.74) is 8.15. The second-order valence-electron chi connectivity index (χ2n) is 5.13. The highest BCUT2D eigenvalue weighted by molar-refractivity contribution is 5.44. The molecule has 0 saturated heterocycles. The topological polar surface area (TPSA) is 44.5 Å². The average molecular weight is 297 g/mol. The van der Waals surface area contributed by atoms with E-state index < -0.39 is 0 Å². The molecule has 3 heteroatoms. The SMILES string of the molecule is C=CCc1cccc(C(C)N)c1OCCOc1ccccc1. The summed E-state index contributed by atoms with van der Waals surface area (Å²) in [7, 11) is 0. The van der Waals surface area contributed by atoms with Gasteiger partial charge >= 0.3 is 0 Å². The van der Waals surface area contributed by atoms with E-state index in [1.165, 1.54) is 0 Å². The summed E-state index contributed by atoms with van der Waals surface area (Å²) < 4.78 is 11.6. The van der Waals surface area contributed by atoms with Crippen LogP contribution in [-0.2, 0) is 6.42 Å². The predicted octanol–water partition coefficient (Wildman–Crippen LogP) is 3.89. The Morgan fingerprint density at radius 1 is 1.05 bits per heavy atom. The van der Waals surface area contributed by atoms with E-state index in [9.17, 15) is 0 Å². The van der Waals surface area contributed by atoms with E-state index in [1.807, 2.05) is 61.5 Å². The third kappa shape index (κ3) is 4.37. The molecule has 1 atom stereocenters. The molecule has 0 heterocycles. The van der Waals surface area contributed by atoms with Crippen LogP contribution in [0.5, 0.6) is 11.5 Å². The molecule has 0 aliphatic heterocycles. The van der Waals surface area contributed by atoms with Gasteiger partial charge in [-0.2, -0.15) is 0 Å². The molecule has 22 heavy (non-hydrogen) atoms. The zero-order chi connectivity index (χ0) is 15.8. The smallest absolute Gasteiger partial charge is 0.127 e. The van der Waals surface area contributed by atoms with Gasteiger partial charge < -0.3 is 15.2 Å². The van der Waals surface area contributed by atoms with Crippen LogP contribution < -0.4 is 15.2 Å². The number of allylic oxidation sites excluding steroid dienone is 1. The number of hydrogen-bond donors (Lipinski definition) is 1. The van der Waals surface area contributed by atoms with Gasteiger partial charge in [0, 0.05) is 11.6 Å². The lowest BCUT2D eigenvalue weighted by Gasteiger charge is -2.17. The van der Waals surface area contributed by atoms with Crippen molar-refractivity contribution in [2.75, 3.05) is 13.2 Å². The lowest BCUT2D eigenvalue weighted by Crippen LogP contribution is -2.14. The maximum absolute atomic E-state index is 6.04. The molecular weight excluding hydrogens is 274 g/mol. The predicted molar refractivity (Wildman–Crippen MR) is 90.4 cm³/mol. The summed E-state index contributed by atoms with van der Waals surface area (Å²) in [5.74, 6) is 1.70. The van der Waals surface area contributed by atoms with Crippen LogP contribution in [0.4, 0.5) is 0 Å². The van der Waals surface area contributed by atoms with Gasteiger partial charge in [-0.15, -0.1) is 6.58 Å². The van der Waals surface area contributed by atoms with E-state index in [1.54, 1.807) is 0 Å². The molecule has 0 aliphatic carbocycles. The van der Waals surface area contributed by atoms with Crippen molar-refractivity contribution in [1.82, 2.24) is 0 Å². The Morgan fingerprint density at radius 3 is 2.45 bits per heavy atom. The molecular formula is C19H23NO2. The van der Waals surface area contributed by atoms with Crippen molar-refractivity contribution >= 4 is 0 Å². The number of benzene rings is 2. The third-order valence-electron chi connectivity index (χ3n) is 3.32. The molecule has 0 spiro atoms. The molecule has 1 unspecified atom stereocenters. The Hall–Kier alpha value is -2.26. The van der Waals surface area contributed by atoms with E-state index in [0.29, 0.717) is 13.2 Å². The van der Waals surface area contributed by atoms with Crippen molar-refractivity contribution in [3.63, 3.8) is 0 Å². The van der Waals surface area contributed by atoms with Gasteiger partial charge in [-0.1, -0.05) is 42.5 Å². The largest absolute Gasteiger partial charge is 0.490 e. The van der Waals surface area contributed by atoms with Crippen molar-refractivity contribution < 1.29 is 9.47 Å². The van der Waals surface area contributed by atoms with Crippen LogP contribution in [0.3, 0.4) is 0 Å². The minimum absolute atomic E-state index is 0.0743. The first kappa shape index (κ1) is 16.1. The van der Waals surface area contributed by atoms with Gasteiger partial charge in [-0.25, -0.2) is 0 Å². The summed E-state index contributed by atoms with van der Waals surface area (Å²) in [6, 6.07) is 15.7. The van der Waals surface area contributed by atoms with Gasteiger partial charge in [-0.3, -0.25) is 0 Å². The molecule has 0 fully saturated rings. The fourth-order valence-corrected chi connectivity index (χ4v) is 2.28. The number of rotatable bonds is 8. The van der Waals surface area contributed by atoms with Crippen LogP contribution in [0.15, 0.2) is 61.2 Å². The van der Waals surface area contributed by atoms with E-state index >= 15 is 0 Å². The lowest BCUT2D eigenvalue weighted by atomic mass is 10.0. The summed E-state index contributed by atoms with van der Waals surface area (Å²) in [6.45, 7) is 6.72. The van der Waals surface area contributed by atoms with Gasteiger partial charge in [-0.05, 0) is 31.0 Å². The van der Waals surface area contributed by atoms with Crippen molar-refractivity contribution in [2.24, 2.45) is 5.73 Å². The molecule has 0 bridgehead atoms. The zero-order valence-corrected chi connectivity index (χ0v) is 13.0. The molecule has 3 nitrogen and oxygen atoms in total. The number of nitrogens with two attached hydrogens (primary N) is 1. The molecule has 0 radical (unpaired) electrons. The van der Waals surface area contributed by atoms with Crippen LogP contribution in [0.2, 0.25) is 0 Å². The monoisotopic (exact) mass is 297 g/mol. The maximum Gasteiger partial charge on any atom is 0.127 e. The second-order valence-corrected chi connectivity index (χ2v) is 5.13. The minimum Gasteiger partial charge on any atom is -0.490 e. The quantitative estimate of drug-likeness (QED) is 0.594. The molecule has 2 rings (SSSR count). The van der Waals surface area contributed by atoms with Gasteiger partial charge in [0.15, 0.2) is 0 Å². The van der Waals surface area contributed by atoms with Gasteiger partial charge in [0.25, 0.3) is 0 Å². The zero-order valence-electron chi connectivity index (χ0n) is 13.0. The van der Waals surface area contributed by atoms with Crippen LogP contribution in [0, 0.1) is 0 Å². The standard InChI is InChI=1S/C19H23NO2/c1-3-8-16-9-7-12-18(15(2)20)19(16)22-14-13-21-17-10-5-4-6-11-17/h3-7,9-12,15H,1,8,13-14,20H2,2H3. The summed E-state index contributed by atoms with van der Waals surface area (Å²) in [4.78, 5) is 0. The van der Waals surface area contributed by atoms with Crippen LogP contribution >= 0.6 is 0 Å². The Bertz CT molecular complexity index is 594. The van der Waals surface area contributed by atoms with Gasteiger partial charge in [0.1, 0.15) is 24.7 Å². The van der Waals surface area contributed by atoms with Crippen molar-refractivity contribution in [2.45, 2.75) is 19.4 Å². The first-order valence-corrected chi connectivity index (χ1v) is 7.51. The lowest BCUT2D eigenvalue weighted by molar-refractivity contribution is 0.214. The Kier molecular flexibility index (Phi) is 6.04. The van der Waals surface area contributed by atoms with Crippen LogP contribution in [0.25, 0.3) is 0 Å². The van der Waals surface area contributed by atoms with Gasteiger partial charge in [0.2, 0.25) is 0 Å². The number of hydrogen-bond acceptors (Lipinski definition) is 3. The van der Waals surface area contributed by atoms with E-state index in [-0.39, 0.29) is 6.04 Å². The van der Waals surface area contributed by atoms with Crippen molar-refractivity contribution in [3.8, 4) is 11.5 Å². The molecule has 2 N–H and O–H groups in total. The highest BCUT2D eigenvalue weighted by Crippen LogP contribution is 2.28. The fraction of sp³-hybridized carbons (Fsp3) is 0.263. The maximum atomic E-state index is 6.04. The molecule has 2 aromatic rings. The number of para-hydroxylation sites is 2. The first-order chi connectivity index (χ1) is 10.7. The number of ether oxygens (including phenoxy) is 2. The highest BCUT2D eigenvalue weighted by Gasteiger charge is 2.12. The molecule has 0 aliphatic rings. The first-order valence-electron chi connectivity index (χ1n) is 7.51. The fourth-order valence-electron chi connectivity index (χ4n) is 2.28.